The van der Waals surface area contributed by atoms with E-state index in [1.807, 2.05) is 0 Å². The van der Waals surface area contributed by atoms with Crippen LogP contribution in [0.4, 0.5) is 0 Å². The van der Waals surface area contributed by atoms with Crippen LogP contribution in [0.5, 0.6) is 0 Å². The molecule has 0 rings (SSSR count). The standard InChI is InChI=1S/CH2N2S2/c2-1-3(4)5/h4-5H. The topological polar surface area (TPSA) is 27.0 Å². The van der Waals surface area contributed by atoms with Gasteiger partial charge in [0.1, 0.15) is 0 Å². The summed E-state index contributed by atoms with van der Waals surface area (Å²) in [5.41, 5.74) is 0. The zero-order valence-electron chi connectivity index (χ0n) is 2.29. The van der Waals surface area contributed by atoms with Crippen molar-refractivity contribution in [2.24, 2.45) is 0 Å². The number of nitrogens with zero attached hydrogens (tertiary/aromatic N) is 2. The minimum Gasteiger partial charge on any atom is -0.200 e. The molecule has 0 aliphatic heterocycles. The van der Waals surface area contributed by atoms with Crippen LogP contribution < -0.4 is 0 Å². The van der Waals surface area contributed by atoms with Gasteiger partial charge >= 0.3 is 0 Å². The largest absolute Gasteiger partial charge is 0.201 e. The highest BCUT2D eigenvalue weighted by atomic mass is 32.2. The molecular formula is CH2N2S2. The van der Waals surface area contributed by atoms with Crippen molar-refractivity contribution in [1.29, 1.82) is 5.26 Å². The molecule has 2 nitrogen and oxygen atoms in total. The maximum atomic E-state index is 7.67. The van der Waals surface area contributed by atoms with E-state index in [0.717, 1.165) is 3.71 Å². The molecule has 4 heteroatoms. The van der Waals surface area contributed by atoms with Crippen LogP contribution in [0.1, 0.15) is 0 Å². The highest BCUT2D eigenvalue weighted by molar-refractivity contribution is 7.93. The molecule has 0 saturated carbocycles. The summed E-state index contributed by atoms with van der Waals surface area (Å²) in [5.74, 6) is 0. The van der Waals surface area contributed by atoms with Gasteiger partial charge in [-0.25, -0.2) is 3.71 Å². The number of hydrogen-bond acceptors (Lipinski definition) is 4. The number of nitriles is 1. The second-order valence-corrected chi connectivity index (χ2v) is 1.50. The molecule has 0 unspecified atom stereocenters. The Kier molecular flexibility index (Phi) is 2.24. The first-order chi connectivity index (χ1) is 2.27. The predicted octanol–water partition coefficient (Wildman–Crippen LogP) is 0.459. The lowest BCUT2D eigenvalue weighted by molar-refractivity contribution is 1.09. The second-order valence-electron chi connectivity index (χ2n) is 0.389. The van der Waals surface area contributed by atoms with Crippen molar-refractivity contribution in [2.75, 3.05) is 0 Å². The molecule has 0 aromatic carbocycles. The van der Waals surface area contributed by atoms with Crippen LogP contribution in [0.25, 0.3) is 0 Å². The van der Waals surface area contributed by atoms with E-state index in [9.17, 15) is 0 Å². The first-order valence-corrected chi connectivity index (χ1v) is 1.65. The molecule has 0 atom stereocenters. The summed E-state index contributed by atoms with van der Waals surface area (Å²) in [5, 5.41) is 7.67. The quantitative estimate of drug-likeness (QED) is 0.266. The predicted molar refractivity (Wildman–Crippen MR) is 25.4 cm³/mol. The molecule has 0 heterocycles. The Morgan fingerprint density at radius 3 is 1.80 bits per heavy atom. The van der Waals surface area contributed by atoms with Gasteiger partial charge < -0.3 is 0 Å². The Labute approximate surface area is 41.5 Å². The summed E-state index contributed by atoms with van der Waals surface area (Å²) in [7, 11) is 0. The fourth-order valence-corrected chi connectivity index (χ4v) is 0. The zero-order valence-corrected chi connectivity index (χ0v) is 4.08. The molecule has 0 bridgehead atoms. The lowest BCUT2D eigenvalue weighted by atomic mass is 11.5. The molecule has 0 saturated heterocycles. The van der Waals surface area contributed by atoms with Crippen LogP contribution in [0.15, 0.2) is 0 Å². The van der Waals surface area contributed by atoms with E-state index in [-0.39, 0.29) is 0 Å². The van der Waals surface area contributed by atoms with Crippen molar-refractivity contribution in [3.63, 3.8) is 0 Å². The Morgan fingerprint density at radius 1 is 1.60 bits per heavy atom. The summed E-state index contributed by atoms with van der Waals surface area (Å²) in [6.07, 6.45) is 1.59. The van der Waals surface area contributed by atoms with E-state index in [2.05, 4.69) is 25.6 Å². The number of hydrogen-bond donors (Lipinski definition) is 2. The average Bonchev–Trinajstić information content (AvgIpc) is 1.38. The van der Waals surface area contributed by atoms with Crippen molar-refractivity contribution >= 4 is 25.6 Å². The minimum absolute atomic E-state index is 0.819. The molecule has 0 N–H and O–H groups in total. The summed E-state index contributed by atoms with van der Waals surface area (Å²) in [6, 6.07) is 0. The molecule has 0 amide bonds. The molecule has 0 fully saturated rings. The van der Waals surface area contributed by atoms with Crippen LogP contribution in [0.3, 0.4) is 0 Å². The van der Waals surface area contributed by atoms with Crippen molar-refractivity contribution < 1.29 is 0 Å². The second kappa shape index (κ2) is 2.24. The smallest absolute Gasteiger partial charge is 0.200 e. The third-order valence-electron chi connectivity index (χ3n) is 0.0894. The molecule has 28 valence electrons. The van der Waals surface area contributed by atoms with Gasteiger partial charge in [0.05, 0.1) is 0 Å². The summed E-state index contributed by atoms with van der Waals surface area (Å²) in [4.78, 5) is 0. The lowest BCUT2D eigenvalue weighted by Crippen LogP contribution is -1.77. The summed E-state index contributed by atoms with van der Waals surface area (Å²) in [6.45, 7) is 0. The zero-order chi connectivity index (χ0) is 4.28. The fourth-order valence-electron chi connectivity index (χ4n) is 0. The molecular weight excluding hydrogens is 104 g/mol. The third-order valence-corrected chi connectivity index (χ3v) is 0.268. The van der Waals surface area contributed by atoms with E-state index in [1.54, 1.807) is 6.19 Å². The van der Waals surface area contributed by atoms with Gasteiger partial charge in [-0.3, -0.25) is 0 Å². The first kappa shape index (κ1) is 4.99. The number of thiol groups is 2. The average molecular weight is 106 g/mol. The van der Waals surface area contributed by atoms with Crippen LogP contribution >= 0.6 is 25.6 Å². The molecule has 0 radical (unpaired) electrons. The molecule has 0 aliphatic carbocycles. The number of rotatable bonds is 0. The van der Waals surface area contributed by atoms with Gasteiger partial charge in [0.15, 0.2) is 0 Å². The van der Waals surface area contributed by atoms with Crippen LogP contribution in [-0.2, 0) is 0 Å². The van der Waals surface area contributed by atoms with E-state index in [1.165, 1.54) is 0 Å². The van der Waals surface area contributed by atoms with Crippen LogP contribution in [0, 0.1) is 11.5 Å². The van der Waals surface area contributed by atoms with E-state index >= 15 is 0 Å². The summed E-state index contributed by atoms with van der Waals surface area (Å²) < 4.78 is 0.819. The van der Waals surface area contributed by atoms with E-state index < -0.39 is 0 Å². The molecule has 0 aromatic rings. The fraction of sp³-hybridized carbons (Fsp3) is 0. The monoisotopic (exact) mass is 106 g/mol. The maximum absolute atomic E-state index is 7.67. The Hall–Kier alpha value is -0.0100. The highest BCUT2D eigenvalue weighted by Gasteiger charge is 1.70. The minimum atomic E-state index is 0.819. The summed E-state index contributed by atoms with van der Waals surface area (Å²) >= 11 is 6.87. The molecule has 5 heavy (non-hydrogen) atoms. The van der Waals surface area contributed by atoms with Gasteiger partial charge in [0.25, 0.3) is 0 Å². The highest BCUT2D eigenvalue weighted by Crippen LogP contribution is 1.89. The van der Waals surface area contributed by atoms with Gasteiger partial charge in [-0.15, -0.1) is 0 Å². The van der Waals surface area contributed by atoms with Crippen LogP contribution in [0.2, 0.25) is 0 Å². The Bertz CT molecular complexity index is 53.2. The van der Waals surface area contributed by atoms with E-state index in [4.69, 9.17) is 5.26 Å². The van der Waals surface area contributed by atoms with Crippen molar-refractivity contribution in [3.8, 4) is 6.19 Å². The Balaban J connectivity index is 2.94. The SMILES string of the molecule is N#CN(S)S. The first-order valence-electron chi connectivity index (χ1n) is 0.847. The van der Waals surface area contributed by atoms with Crippen molar-refractivity contribution in [3.05, 3.63) is 0 Å². The normalized spacial score (nSPS) is 5.80. The Morgan fingerprint density at radius 2 is 1.80 bits per heavy atom. The van der Waals surface area contributed by atoms with Crippen LogP contribution in [-0.4, -0.2) is 3.71 Å². The molecule has 0 spiro atoms. The van der Waals surface area contributed by atoms with Gasteiger partial charge in [-0.05, 0) is 25.6 Å². The van der Waals surface area contributed by atoms with Gasteiger partial charge in [0, 0.05) is 0 Å². The van der Waals surface area contributed by atoms with Gasteiger partial charge in [-0.1, -0.05) is 0 Å². The lowest BCUT2D eigenvalue weighted by Gasteiger charge is -1.85. The third kappa shape index (κ3) is 3.99. The molecule has 0 aliphatic rings. The molecule has 0 aromatic heterocycles. The van der Waals surface area contributed by atoms with Gasteiger partial charge in [0.2, 0.25) is 6.19 Å². The van der Waals surface area contributed by atoms with E-state index in [0.29, 0.717) is 0 Å². The maximum Gasteiger partial charge on any atom is 0.201 e. The van der Waals surface area contributed by atoms with Gasteiger partial charge in [-0.2, -0.15) is 5.26 Å². The van der Waals surface area contributed by atoms with Crippen molar-refractivity contribution in [1.82, 2.24) is 3.71 Å². The van der Waals surface area contributed by atoms with Crippen molar-refractivity contribution in [2.45, 2.75) is 0 Å².